The summed E-state index contributed by atoms with van der Waals surface area (Å²) in [5, 5.41) is 10.1. The van der Waals surface area contributed by atoms with Crippen LogP contribution in [-0.2, 0) is 0 Å². The lowest BCUT2D eigenvalue weighted by atomic mass is 9.83. The van der Waals surface area contributed by atoms with E-state index in [-0.39, 0.29) is 0 Å². The number of benzene rings is 11. The van der Waals surface area contributed by atoms with E-state index in [0.29, 0.717) is 0 Å². The van der Waals surface area contributed by atoms with Gasteiger partial charge < -0.3 is 0 Å². The zero-order chi connectivity index (χ0) is 40.7. The largest absolute Gasteiger partial charge is 0.192 e. The monoisotopic (exact) mass is 794 g/mol. The van der Waals surface area contributed by atoms with Crippen LogP contribution in [-0.4, -0.2) is 12.5 Å². The van der Waals surface area contributed by atoms with Gasteiger partial charge in [-0.1, -0.05) is 182 Å². The minimum Gasteiger partial charge on any atom is -0.192 e. The van der Waals surface area contributed by atoms with Gasteiger partial charge in [-0.15, -0.1) is 0 Å². The number of hydrogen-bond acceptors (Lipinski definition) is 0. The smallest absolute Gasteiger partial charge is 0.00219 e. The maximum absolute atomic E-state index is 2.59. The molecule has 0 bridgehead atoms. The summed E-state index contributed by atoms with van der Waals surface area (Å²) in [7, 11) is -1.28. The third kappa shape index (κ3) is 5.69. The lowest BCUT2D eigenvalue weighted by Crippen LogP contribution is -1.96. The number of rotatable bonds is 5. The van der Waals surface area contributed by atoms with E-state index < -0.39 is 10.0 Å². The van der Waals surface area contributed by atoms with Gasteiger partial charge in [0.05, 0.1) is 0 Å². The van der Waals surface area contributed by atoms with Crippen LogP contribution in [0.3, 0.4) is 0 Å². The van der Waals surface area contributed by atoms with Crippen LogP contribution in [0.4, 0.5) is 0 Å². The summed E-state index contributed by atoms with van der Waals surface area (Å²) in [5.74, 6) is 0. The van der Waals surface area contributed by atoms with Crippen LogP contribution in [0.2, 0.25) is 0 Å². The van der Waals surface area contributed by atoms with E-state index in [9.17, 15) is 0 Å². The van der Waals surface area contributed by atoms with Crippen LogP contribution in [0.5, 0.6) is 0 Å². The average molecular weight is 795 g/mol. The standard InChI is InChI=1S/C60H42S/c1-61(2)57-31-11-10-28-51(57)53-37-55-56(38-58(53)61)60(46-25-13-23-44(35-46)50-30-15-21-41-19-7-9-27-48(41)50)54-36-42(39-16-4-3-5-17-39)32-33-52(54)59(55)45-24-12-22-43(34-45)49-29-14-20-40-18-6-8-26-47(40)49/h3-38H,1-2H3. The maximum Gasteiger partial charge on any atom is 0.00219 e. The summed E-state index contributed by atoms with van der Waals surface area (Å²) >= 11 is 0. The highest BCUT2D eigenvalue weighted by atomic mass is 32.3. The number of fused-ring (bicyclic) bond motifs is 7. The topological polar surface area (TPSA) is 0 Å². The minimum atomic E-state index is -1.28. The molecule has 0 aliphatic carbocycles. The van der Waals surface area contributed by atoms with Gasteiger partial charge in [0.15, 0.2) is 0 Å². The van der Waals surface area contributed by atoms with Gasteiger partial charge in [-0.2, -0.15) is 10.0 Å². The molecule has 0 aromatic heterocycles. The van der Waals surface area contributed by atoms with Crippen LogP contribution >= 0.6 is 10.0 Å². The first-order valence-corrected chi connectivity index (χ1v) is 23.6. The molecule has 12 rings (SSSR count). The Hall–Kier alpha value is -7.19. The molecule has 0 amide bonds. The maximum atomic E-state index is 2.59. The molecule has 0 radical (unpaired) electrons. The molecule has 0 unspecified atom stereocenters. The average Bonchev–Trinajstić information content (AvgIpc) is 3.54. The zero-order valence-corrected chi connectivity index (χ0v) is 35.0. The van der Waals surface area contributed by atoms with Crippen molar-refractivity contribution in [1.29, 1.82) is 0 Å². The first-order valence-electron chi connectivity index (χ1n) is 21.1. The minimum absolute atomic E-state index is 1.22. The third-order valence-electron chi connectivity index (χ3n) is 13.1. The molecule has 0 saturated carbocycles. The van der Waals surface area contributed by atoms with Crippen LogP contribution in [0.1, 0.15) is 0 Å². The molecule has 0 saturated heterocycles. The van der Waals surface area contributed by atoms with Gasteiger partial charge in [-0.05, 0) is 159 Å². The Bertz CT molecular complexity index is 3550. The van der Waals surface area contributed by atoms with Crippen LogP contribution in [0.25, 0.3) is 110 Å². The van der Waals surface area contributed by atoms with Gasteiger partial charge in [-0.25, -0.2) is 0 Å². The predicted octanol–water partition coefficient (Wildman–Crippen LogP) is 17.1. The molecule has 0 nitrogen and oxygen atoms in total. The van der Waals surface area contributed by atoms with Crippen LogP contribution < -0.4 is 0 Å². The van der Waals surface area contributed by atoms with Gasteiger partial charge in [0.2, 0.25) is 0 Å². The van der Waals surface area contributed by atoms with E-state index in [1.807, 2.05) is 0 Å². The SMILES string of the molecule is CS1(C)c2ccccc2-c2cc3c(-c4cccc(-c5cccc6ccccc56)c4)c4ccc(-c5ccccc5)cc4c(-c4cccc(-c5cccc6ccccc56)c4)c3cc21. The highest BCUT2D eigenvalue weighted by Gasteiger charge is 2.33. The molecule has 1 aliphatic heterocycles. The summed E-state index contributed by atoms with van der Waals surface area (Å²) < 4.78 is 0. The summed E-state index contributed by atoms with van der Waals surface area (Å²) in [6.45, 7) is 0. The van der Waals surface area contributed by atoms with Gasteiger partial charge >= 0.3 is 0 Å². The lowest BCUT2D eigenvalue weighted by molar-refractivity contribution is 1.46. The molecular weight excluding hydrogens is 753 g/mol. The second kappa shape index (κ2) is 13.9. The van der Waals surface area contributed by atoms with Crippen molar-refractivity contribution < 1.29 is 0 Å². The van der Waals surface area contributed by atoms with Crippen LogP contribution in [0, 0.1) is 0 Å². The normalized spacial score (nSPS) is 13.4. The molecule has 0 spiro atoms. The highest BCUT2D eigenvalue weighted by Crippen LogP contribution is 2.68. The Morgan fingerprint density at radius 2 is 0.721 bits per heavy atom. The van der Waals surface area contributed by atoms with Crippen molar-refractivity contribution in [2.75, 3.05) is 12.5 Å². The molecule has 0 atom stereocenters. The Kier molecular flexibility index (Phi) is 8.17. The quantitative estimate of drug-likeness (QED) is 0.152. The summed E-state index contributed by atoms with van der Waals surface area (Å²) in [5.41, 5.74) is 15.1. The van der Waals surface area contributed by atoms with Gasteiger partial charge in [-0.3, -0.25) is 0 Å². The predicted molar refractivity (Wildman–Crippen MR) is 265 cm³/mol. The van der Waals surface area contributed by atoms with Crippen molar-refractivity contribution in [2.24, 2.45) is 0 Å². The fraction of sp³-hybridized carbons (Fsp3) is 0.0333. The van der Waals surface area contributed by atoms with E-state index in [1.165, 1.54) is 120 Å². The Labute approximate surface area is 358 Å². The van der Waals surface area contributed by atoms with Crippen molar-refractivity contribution in [1.82, 2.24) is 0 Å². The third-order valence-corrected chi connectivity index (χ3v) is 16.0. The van der Waals surface area contributed by atoms with E-state index >= 15 is 0 Å². The zero-order valence-electron chi connectivity index (χ0n) is 34.2. The second-order valence-corrected chi connectivity index (χ2v) is 20.3. The molecular formula is C60H42S. The summed E-state index contributed by atoms with van der Waals surface area (Å²) in [4.78, 5) is 2.93. The molecule has 11 aromatic carbocycles. The highest BCUT2D eigenvalue weighted by molar-refractivity contribution is 8.33. The van der Waals surface area contributed by atoms with Crippen molar-refractivity contribution in [2.45, 2.75) is 9.79 Å². The first kappa shape index (κ1) is 35.7. The summed E-state index contributed by atoms with van der Waals surface area (Å²) in [6.07, 6.45) is 4.96. The Balaban J connectivity index is 1.21. The molecule has 0 fully saturated rings. The molecule has 11 aromatic rings. The van der Waals surface area contributed by atoms with Crippen molar-refractivity contribution in [3.8, 4) is 66.8 Å². The molecule has 288 valence electrons. The molecule has 1 aliphatic rings. The van der Waals surface area contributed by atoms with E-state index in [1.54, 1.807) is 0 Å². The van der Waals surface area contributed by atoms with E-state index in [4.69, 9.17) is 0 Å². The Morgan fingerprint density at radius 3 is 1.39 bits per heavy atom. The molecule has 0 N–H and O–H groups in total. The molecule has 61 heavy (non-hydrogen) atoms. The van der Waals surface area contributed by atoms with Gasteiger partial charge in [0.1, 0.15) is 0 Å². The van der Waals surface area contributed by atoms with Gasteiger partial charge in [0, 0.05) is 9.79 Å². The second-order valence-electron chi connectivity index (χ2n) is 16.8. The van der Waals surface area contributed by atoms with Crippen molar-refractivity contribution in [3.63, 3.8) is 0 Å². The fourth-order valence-corrected chi connectivity index (χ4v) is 12.7. The number of hydrogen-bond donors (Lipinski definition) is 0. The van der Waals surface area contributed by atoms with Gasteiger partial charge in [0.25, 0.3) is 0 Å². The summed E-state index contributed by atoms with van der Waals surface area (Å²) in [6, 6.07) is 81.7. The molecule has 1 heterocycles. The first-order chi connectivity index (χ1) is 30.0. The van der Waals surface area contributed by atoms with Crippen molar-refractivity contribution in [3.05, 3.63) is 218 Å². The lowest BCUT2D eigenvalue weighted by Gasteiger charge is -2.29. The van der Waals surface area contributed by atoms with Crippen LogP contribution in [0.15, 0.2) is 228 Å². The van der Waals surface area contributed by atoms with E-state index in [2.05, 4.69) is 231 Å². The Morgan fingerprint density at radius 1 is 0.246 bits per heavy atom. The van der Waals surface area contributed by atoms with E-state index in [0.717, 1.165) is 0 Å². The van der Waals surface area contributed by atoms with Crippen molar-refractivity contribution >= 4 is 53.1 Å². The fourth-order valence-electron chi connectivity index (χ4n) is 10.2. The molecule has 1 heteroatoms.